The molecule has 1 saturated heterocycles. The second-order valence-electron chi connectivity index (χ2n) is 5.66. The Balaban J connectivity index is 1.53. The number of anilines is 2. The molecule has 1 aliphatic heterocycles. The third-order valence-corrected chi connectivity index (χ3v) is 4.05. The van der Waals surface area contributed by atoms with Crippen molar-refractivity contribution in [3.8, 4) is 5.75 Å². The highest BCUT2D eigenvalue weighted by Crippen LogP contribution is 2.25. The standard InChI is InChI=1S/C18H18ClN3O4/c1-25-15-7-3-6-14(9-15)22-11-16(26-18(22)24)10-20-17(23)21-13-5-2-4-12(19)8-13/h2-9,16H,10-11H2,1H3,(H2,20,21,23). The first-order chi connectivity index (χ1) is 12.5. The summed E-state index contributed by atoms with van der Waals surface area (Å²) in [6.07, 6.45) is -0.904. The SMILES string of the molecule is COc1cccc(N2CC(CNC(=O)Nc3cccc(Cl)c3)OC2=O)c1. The third-order valence-electron chi connectivity index (χ3n) is 3.81. The second-order valence-corrected chi connectivity index (χ2v) is 6.10. The molecule has 2 aromatic carbocycles. The van der Waals surface area contributed by atoms with Gasteiger partial charge in [-0.05, 0) is 30.3 Å². The van der Waals surface area contributed by atoms with Crippen LogP contribution in [-0.2, 0) is 4.74 Å². The first-order valence-electron chi connectivity index (χ1n) is 7.98. The van der Waals surface area contributed by atoms with E-state index in [1.807, 2.05) is 0 Å². The maximum atomic E-state index is 12.1. The molecule has 1 fully saturated rings. The number of halogens is 1. The summed E-state index contributed by atoms with van der Waals surface area (Å²) in [5.74, 6) is 0.651. The predicted octanol–water partition coefficient (Wildman–Crippen LogP) is 3.50. The van der Waals surface area contributed by atoms with Gasteiger partial charge in [-0.2, -0.15) is 0 Å². The zero-order valence-corrected chi connectivity index (χ0v) is 14.8. The van der Waals surface area contributed by atoms with Crippen LogP contribution < -0.4 is 20.3 Å². The van der Waals surface area contributed by atoms with Crippen molar-refractivity contribution in [1.82, 2.24) is 5.32 Å². The van der Waals surface area contributed by atoms with Gasteiger partial charge in [-0.15, -0.1) is 0 Å². The molecule has 0 spiro atoms. The minimum atomic E-state index is -0.458. The number of amides is 3. The molecule has 0 saturated carbocycles. The van der Waals surface area contributed by atoms with Crippen LogP contribution in [0.25, 0.3) is 0 Å². The summed E-state index contributed by atoms with van der Waals surface area (Å²) in [5, 5.41) is 5.89. The summed E-state index contributed by atoms with van der Waals surface area (Å²) in [6.45, 7) is 0.530. The van der Waals surface area contributed by atoms with Gasteiger partial charge in [0.25, 0.3) is 0 Å². The first kappa shape index (κ1) is 17.9. The Morgan fingerprint density at radius 1 is 1.31 bits per heavy atom. The lowest BCUT2D eigenvalue weighted by atomic mass is 10.2. The molecule has 1 unspecified atom stereocenters. The zero-order chi connectivity index (χ0) is 18.5. The molecule has 0 bridgehead atoms. The van der Waals surface area contributed by atoms with Crippen molar-refractivity contribution in [2.24, 2.45) is 0 Å². The minimum absolute atomic E-state index is 0.193. The molecule has 1 heterocycles. The monoisotopic (exact) mass is 375 g/mol. The lowest BCUT2D eigenvalue weighted by Crippen LogP contribution is -2.37. The van der Waals surface area contributed by atoms with Crippen LogP contribution in [-0.4, -0.2) is 38.4 Å². The molecule has 2 N–H and O–H groups in total. The van der Waals surface area contributed by atoms with Crippen LogP contribution in [0, 0.1) is 0 Å². The fourth-order valence-electron chi connectivity index (χ4n) is 2.57. The molecule has 7 nitrogen and oxygen atoms in total. The number of nitrogens with one attached hydrogen (secondary N) is 2. The number of nitrogens with zero attached hydrogens (tertiary/aromatic N) is 1. The van der Waals surface area contributed by atoms with Crippen LogP contribution >= 0.6 is 11.6 Å². The van der Waals surface area contributed by atoms with Gasteiger partial charge in [0.05, 0.1) is 25.9 Å². The highest BCUT2D eigenvalue weighted by molar-refractivity contribution is 6.30. The van der Waals surface area contributed by atoms with Crippen LogP contribution in [0.2, 0.25) is 5.02 Å². The predicted molar refractivity (Wildman–Crippen MR) is 99.1 cm³/mol. The van der Waals surface area contributed by atoms with Crippen LogP contribution in [0.4, 0.5) is 21.0 Å². The van der Waals surface area contributed by atoms with Crippen molar-refractivity contribution in [2.45, 2.75) is 6.10 Å². The van der Waals surface area contributed by atoms with Crippen molar-refractivity contribution in [1.29, 1.82) is 0 Å². The molecule has 136 valence electrons. The highest BCUT2D eigenvalue weighted by atomic mass is 35.5. The van der Waals surface area contributed by atoms with Gasteiger partial charge in [-0.3, -0.25) is 4.90 Å². The fourth-order valence-corrected chi connectivity index (χ4v) is 2.76. The van der Waals surface area contributed by atoms with E-state index < -0.39 is 18.2 Å². The quantitative estimate of drug-likeness (QED) is 0.838. The topological polar surface area (TPSA) is 79.9 Å². The van der Waals surface area contributed by atoms with Gasteiger partial charge < -0.3 is 20.1 Å². The highest BCUT2D eigenvalue weighted by Gasteiger charge is 2.32. The first-order valence-corrected chi connectivity index (χ1v) is 8.35. The summed E-state index contributed by atoms with van der Waals surface area (Å²) in [4.78, 5) is 25.5. The summed E-state index contributed by atoms with van der Waals surface area (Å²) in [6, 6.07) is 13.6. The lowest BCUT2D eigenvalue weighted by molar-refractivity contribution is 0.141. The number of ether oxygens (including phenoxy) is 2. The van der Waals surface area contributed by atoms with Crippen molar-refractivity contribution < 1.29 is 19.1 Å². The molecule has 3 amide bonds. The number of urea groups is 1. The van der Waals surface area contributed by atoms with Crippen LogP contribution in [0.3, 0.4) is 0 Å². The molecule has 3 rings (SSSR count). The Kier molecular flexibility index (Phi) is 5.48. The van der Waals surface area contributed by atoms with Crippen LogP contribution in [0.1, 0.15) is 0 Å². The Hall–Kier alpha value is -2.93. The van der Waals surface area contributed by atoms with Gasteiger partial charge in [0, 0.05) is 16.8 Å². The molecule has 1 aliphatic rings. The smallest absolute Gasteiger partial charge is 0.414 e. The summed E-state index contributed by atoms with van der Waals surface area (Å²) in [7, 11) is 1.56. The maximum Gasteiger partial charge on any atom is 0.414 e. The molecule has 0 radical (unpaired) electrons. The van der Waals surface area contributed by atoms with E-state index in [9.17, 15) is 9.59 Å². The second kappa shape index (κ2) is 7.97. The van der Waals surface area contributed by atoms with Crippen LogP contribution in [0.15, 0.2) is 48.5 Å². The van der Waals surface area contributed by atoms with E-state index in [-0.39, 0.29) is 6.54 Å². The molecule has 0 aromatic heterocycles. The minimum Gasteiger partial charge on any atom is -0.497 e. The number of rotatable bonds is 5. The van der Waals surface area contributed by atoms with E-state index in [1.54, 1.807) is 55.6 Å². The summed E-state index contributed by atoms with van der Waals surface area (Å²) < 4.78 is 10.5. The van der Waals surface area contributed by atoms with Crippen molar-refractivity contribution in [2.75, 3.05) is 30.4 Å². The Labute approximate surface area is 155 Å². The number of hydrogen-bond acceptors (Lipinski definition) is 4. The average molecular weight is 376 g/mol. The molecular weight excluding hydrogens is 358 g/mol. The number of carbonyl (C=O) groups excluding carboxylic acids is 2. The number of hydrogen-bond donors (Lipinski definition) is 2. The Bertz CT molecular complexity index is 815. The zero-order valence-electron chi connectivity index (χ0n) is 14.1. The molecule has 1 atom stereocenters. The lowest BCUT2D eigenvalue weighted by Gasteiger charge is -2.14. The van der Waals surface area contributed by atoms with E-state index >= 15 is 0 Å². The van der Waals surface area contributed by atoms with E-state index in [0.29, 0.717) is 28.7 Å². The summed E-state index contributed by atoms with van der Waals surface area (Å²) >= 11 is 5.88. The van der Waals surface area contributed by atoms with Gasteiger partial charge in [0.15, 0.2) is 0 Å². The van der Waals surface area contributed by atoms with Crippen molar-refractivity contribution in [3.63, 3.8) is 0 Å². The van der Waals surface area contributed by atoms with Crippen molar-refractivity contribution >= 4 is 35.1 Å². The average Bonchev–Trinajstić information content (AvgIpc) is 3.01. The third kappa shape index (κ3) is 4.37. The number of benzene rings is 2. The van der Waals surface area contributed by atoms with E-state index in [4.69, 9.17) is 21.1 Å². The largest absolute Gasteiger partial charge is 0.497 e. The molecule has 2 aromatic rings. The van der Waals surface area contributed by atoms with Crippen molar-refractivity contribution in [3.05, 3.63) is 53.6 Å². The fraction of sp³-hybridized carbons (Fsp3) is 0.222. The number of methoxy groups -OCH3 is 1. The van der Waals surface area contributed by atoms with E-state index in [1.165, 1.54) is 4.90 Å². The Morgan fingerprint density at radius 3 is 2.88 bits per heavy atom. The normalized spacial score (nSPS) is 16.2. The number of cyclic esters (lactones) is 1. The molecule has 26 heavy (non-hydrogen) atoms. The maximum absolute atomic E-state index is 12.1. The van der Waals surface area contributed by atoms with Gasteiger partial charge in [0.2, 0.25) is 0 Å². The van der Waals surface area contributed by atoms with E-state index in [2.05, 4.69) is 10.6 Å². The van der Waals surface area contributed by atoms with Gasteiger partial charge in [-0.1, -0.05) is 23.7 Å². The summed E-state index contributed by atoms with van der Waals surface area (Å²) in [5.41, 5.74) is 1.26. The number of carbonyl (C=O) groups is 2. The van der Waals surface area contributed by atoms with E-state index in [0.717, 1.165) is 0 Å². The molecular formula is C18H18ClN3O4. The van der Waals surface area contributed by atoms with Gasteiger partial charge in [0.1, 0.15) is 11.9 Å². The van der Waals surface area contributed by atoms with Crippen LogP contribution in [0.5, 0.6) is 5.75 Å². The molecule has 8 heteroatoms. The molecule has 0 aliphatic carbocycles. The Morgan fingerprint density at radius 2 is 2.12 bits per heavy atom. The van der Waals surface area contributed by atoms with Gasteiger partial charge in [-0.25, -0.2) is 9.59 Å². The van der Waals surface area contributed by atoms with Gasteiger partial charge >= 0.3 is 12.1 Å².